The largest absolute Gasteiger partial charge is 0.349 e. The summed E-state index contributed by atoms with van der Waals surface area (Å²) < 4.78 is 1.67. The van der Waals surface area contributed by atoms with Crippen LogP contribution in [0.2, 0.25) is 0 Å². The first-order valence-electron chi connectivity index (χ1n) is 8.07. The Morgan fingerprint density at radius 1 is 1.04 bits per heavy atom. The molecule has 0 radical (unpaired) electrons. The fourth-order valence-electron chi connectivity index (χ4n) is 2.78. The van der Waals surface area contributed by atoms with E-state index in [2.05, 4.69) is 20.4 Å². The van der Waals surface area contributed by atoms with Crippen molar-refractivity contribution in [1.82, 2.24) is 19.7 Å². The van der Waals surface area contributed by atoms with Gasteiger partial charge in [0.2, 0.25) is 5.95 Å². The highest BCUT2D eigenvalue weighted by molar-refractivity contribution is 5.76. The van der Waals surface area contributed by atoms with Crippen LogP contribution in [0.3, 0.4) is 0 Å². The number of nitrogens with one attached hydrogen (secondary N) is 2. The molecule has 6 heteroatoms. The van der Waals surface area contributed by atoms with Crippen molar-refractivity contribution in [3.05, 3.63) is 82.8 Å². The summed E-state index contributed by atoms with van der Waals surface area (Å²) in [6.45, 7) is 2.02. The first-order chi connectivity index (χ1) is 12.2. The Morgan fingerprint density at radius 3 is 2.44 bits per heavy atom. The van der Waals surface area contributed by atoms with E-state index in [4.69, 9.17) is 0 Å². The van der Waals surface area contributed by atoms with Crippen LogP contribution in [0.5, 0.6) is 0 Å². The van der Waals surface area contributed by atoms with Crippen LogP contribution >= 0.6 is 0 Å². The van der Waals surface area contributed by atoms with Crippen molar-refractivity contribution in [2.45, 2.75) is 13.0 Å². The standard InChI is InChI=1S/C19H17N5O/c1-13(14-8-4-2-5-9-14)21-19-22-17-16(18(25)23-19)12-20-24(17)15-10-6-3-7-11-15/h2-13H,1H3,(H2,21,22,23,25)/t13-/m1/s1. The van der Waals surface area contributed by atoms with Crippen molar-refractivity contribution in [3.8, 4) is 5.69 Å². The van der Waals surface area contributed by atoms with Crippen molar-refractivity contribution < 1.29 is 0 Å². The van der Waals surface area contributed by atoms with E-state index >= 15 is 0 Å². The molecule has 0 saturated carbocycles. The van der Waals surface area contributed by atoms with Crippen LogP contribution in [0.15, 0.2) is 71.7 Å². The zero-order chi connectivity index (χ0) is 17.2. The fraction of sp³-hybridized carbons (Fsp3) is 0.105. The van der Waals surface area contributed by atoms with E-state index in [1.54, 1.807) is 10.9 Å². The molecule has 4 aromatic rings. The Bertz CT molecular complexity index is 1050. The Balaban J connectivity index is 1.75. The van der Waals surface area contributed by atoms with Gasteiger partial charge in [-0.3, -0.25) is 9.78 Å². The van der Waals surface area contributed by atoms with Crippen LogP contribution < -0.4 is 10.9 Å². The first-order valence-corrected chi connectivity index (χ1v) is 8.07. The summed E-state index contributed by atoms with van der Waals surface area (Å²) in [5, 5.41) is 8.02. The summed E-state index contributed by atoms with van der Waals surface area (Å²) in [5.74, 6) is 0.423. The van der Waals surface area contributed by atoms with E-state index < -0.39 is 0 Å². The Kier molecular flexibility index (Phi) is 3.78. The van der Waals surface area contributed by atoms with Crippen LogP contribution in [0, 0.1) is 0 Å². The lowest BCUT2D eigenvalue weighted by Crippen LogP contribution is -2.16. The third kappa shape index (κ3) is 2.89. The molecular weight excluding hydrogens is 314 g/mol. The number of aromatic amines is 1. The number of nitrogens with zero attached hydrogens (tertiary/aromatic N) is 3. The zero-order valence-corrected chi connectivity index (χ0v) is 13.7. The van der Waals surface area contributed by atoms with Crippen LogP contribution in [0.25, 0.3) is 16.7 Å². The van der Waals surface area contributed by atoms with Crippen molar-refractivity contribution in [3.63, 3.8) is 0 Å². The van der Waals surface area contributed by atoms with E-state index in [9.17, 15) is 4.79 Å². The van der Waals surface area contributed by atoms with Crippen molar-refractivity contribution >= 4 is 17.0 Å². The number of hydrogen-bond acceptors (Lipinski definition) is 4. The molecule has 6 nitrogen and oxygen atoms in total. The van der Waals surface area contributed by atoms with E-state index in [1.165, 1.54) is 0 Å². The molecule has 0 aliphatic rings. The molecule has 0 spiro atoms. The van der Waals surface area contributed by atoms with Gasteiger partial charge in [-0.05, 0) is 24.6 Å². The lowest BCUT2D eigenvalue weighted by Gasteiger charge is -2.14. The predicted octanol–water partition coefficient (Wildman–Crippen LogP) is 3.28. The molecule has 0 aliphatic carbocycles. The molecule has 2 aromatic heterocycles. The maximum Gasteiger partial charge on any atom is 0.263 e. The lowest BCUT2D eigenvalue weighted by atomic mass is 10.1. The molecule has 4 rings (SSSR count). The van der Waals surface area contributed by atoms with Gasteiger partial charge in [0.15, 0.2) is 5.65 Å². The number of anilines is 1. The highest BCUT2D eigenvalue weighted by Gasteiger charge is 2.13. The second-order valence-corrected chi connectivity index (χ2v) is 5.82. The first kappa shape index (κ1) is 15.1. The van der Waals surface area contributed by atoms with Gasteiger partial charge in [-0.2, -0.15) is 10.1 Å². The second kappa shape index (κ2) is 6.24. The number of fused-ring (bicyclic) bond motifs is 1. The summed E-state index contributed by atoms with van der Waals surface area (Å²) in [4.78, 5) is 19.7. The van der Waals surface area contributed by atoms with Crippen LogP contribution in [-0.4, -0.2) is 19.7 Å². The highest BCUT2D eigenvalue weighted by atomic mass is 16.1. The minimum Gasteiger partial charge on any atom is -0.349 e. The van der Waals surface area contributed by atoms with Gasteiger partial charge in [-0.1, -0.05) is 48.5 Å². The van der Waals surface area contributed by atoms with E-state index in [-0.39, 0.29) is 11.6 Å². The van der Waals surface area contributed by atoms with E-state index in [0.717, 1.165) is 11.3 Å². The molecule has 1 atom stereocenters. The number of H-pyrrole nitrogens is 1. The van der Waals surface area contributed by atoms with Crippen molar-refractivity contribution in [2.75, 3.05) is 5.32 Å². The molecule has 0 fully saturated rings. The topological polar surface area (TPSA) is 75.6 Å². The van der Waals surface area contributed by atoms with Gasteiger partial charge < -0.3 is 5.32 Å². The van der Waals surface area contributed by atoms with Gasteiger partial charge in [0.1, 0.15) is 5.39 Å². The number of hydrogen-bond donors (Lipinski definition) is 2. The third-order valence-electron chi connectivity index (χ3n) is 4.09. The molecule has 2 aromatic carbocycles. The van der Waals surface area contributed by atoms with Gasteiger partial charge in [0.05, 0.1) is 17.9 Å². The van der Waals surface area contributed by atoms with Crippen LogP contribution in [0.1, 0.15) is 18.5 Å². The van der Waals surface area contributed by atoms with Crippen molar-refractivity contribution in [1.29, 1.82) is 0 Å². The zero-order valence-electron chi connectivity index (χ0n) is 13.7. The van der Waals surface area contributed by atoms with Gasteiger partial charge in [0.25, 0.3) is 5.56 Å². The highest BCUT2D eigenvalue weighted by Crippen LogP contribution is 2.18. The number of aromatic nitrogens is 4. The molecule has 25 heavy (non-hydrogen) atoms. The van der Waals surface area contributed by atoms with Gasteiger partial charge in [-0.25, -0.2) is 4.68 Å². The molecule has 0 saturated heterocycles. The average Bonchev–Trinajstić information content (AvgIpc) is 3.07. The van der Waals surface area contributed by atoms with Crippen LogP contribution in [0.4, 0.5) is 5.95 Å². The van der Waals surface area contributed by atoms with Gasteiger partial charge in [-0.15, -0.1) is 0 Å². The lowest BCUT2D eigenvalue weighted by molar-refractivity contribution is 0.853. The molecule has 0 unspecified atom stereocenters. The fourth-order valence-corrected chi connectivity index (χ4v) is 2.78. The Hall–Kier alpha value is -3.41. The average molecular weight is 331 g/mol. The Labute approximate surface area is 144 Å². The van der Waals surface area contributed by atoms with Gasteiger partial charge >= 0.3 is 0 Å². The van der Waals surface area contributed by atoms with Crippen molar-refractivity contribution in [2.24, 2.45) is 0 Å². The van der Waals surface area contributed by atoms with Gasteiger partial charge in [0, 0.05) is 0 Å². The molecule has 2 heterocycles. The SMILES string of the molecule is C[C@@H](Nc1nc2c(cnn2-c2ccccc2)c(=O)[nH]1)c1ccccc1. The monoisotopic (exact) mass is 331 g/mol. The molecular formula is C19H17N5O. The number of rotatable bonds is 4. The normalized spacial score (nSPS) is 12.2. The minimum atomic E-state index is -0.213. The molecule has 124 valence electrons. The summed E-state index contributed by atoms with van der Waals surface area (Å²) in [5.41, 5.74) is 2.28. The molecule has 0 aliphatic heterocycles. The number of benzene rings is 2. The number of para-hydroxylation sites is 1. The summed E-state index contributed by atoms with van der Waals surface area (Å²) in [6.07, 6.45) is 1.54. The molecule has 0 bridgehead atoms. The maximum atomic E-state index is 12.4. The Morgan fingerprint density at radius 2 is 1.72 bits per heavy atom. The minimum absolute atomic E-state index is 0.00916. The van der Waals surface area contributed by atoms with Crippen LogP contribution in [-0.2, 0) is 0 Å². The summed E-state index contributed by atoms with van der Waals surface area (Å²) in [6, 6.07) is 19.6. The second-order valence-electron chi connectivity index (χ2n) is 5.82. The van der Waals surface area contributed by atoms with E-state index in [0.29, 0.717) is 17.0 Å². The molecule has 2 N–H and O–H groups in total. The summed E-state index contributed by atoms with van der Waals surface area (Å²) >= 11 is 0. The predicted molar refractivity (Wildman–Crippen MR) is 98.0 cm³/mol. The third-order valence-corrected chi connectivity index (χ3v) is 4.09. The summed E-state index contributed by atoms with van der Waals surface area (Å²) in [7, 11) is 0. The quantitative estimate of drug-likeness (QED) is 0.602. The maximum absolute atomic E-state index is 12.4. The van der Waals surface area contributed by atoms with E-state index in [1.807, 2.05) is 67.6 Å². The molecule has 0 amide bonds. The smallest absolute Gasteiger partial charge is 0.263 e.